The summed E-state index contributed by atoms with van der Waals surface area (Å²) >= 11 is 0. The zero-order chi connectivity index (χ0) is 14.3. The summed E-state index contributed by atoms with van der Waals surface area (Å²) in [5.41, 5.74) is 6.71. The summed E-state index contributed by atoms with van der Waals surface area (Å²) < 4.78 is 9.55. The number of hydrogen-bond donors (Lipinski definition) is 1. The molecule has 6 heteroatoms. The lowest BCUT2D eigenvalue weighted by atomic mass is 9.89. The Labute approximate surface area is 124 Å². The molecule has 0 spiro atoms. The first-order chi connectivity index (χ1) is 9.10. The van der Waals surface area contributed by atoms with E-state index in [0.29, 0.717) is 0 Å². The number of nitrogens with two attached hydrogens (primary N) is 1. The lowest BCUT2D eigenvalue weighted by Crippen LogP contribution is -2.39. The van der Waals surface area contributed by atoms with Crippen molar-refractivity contribution in [2.45, 2.75) is 25.3 Å². The van der Waals surface area contributed by atoms with E-state index in [9.17, 15) is 9.59 Å². The van der Waals surface area contributed by atoms with Crippen LogP contribution in [-0.4, -0.2) is 31.7 Å². The fourth-order valence-electron chi connectivity index (χ4n) is 1.82. The largest absolute Gasteiger partial charge is 0.469 e. The number of rotatable bonds is 6. The van der Waals surface area contributed by atoms with E-state index in [-0.39, 0.29) is 25.4 Å². The normalized spacial score (nSPS) is 12.8. The molecule has 0 aromatic heterocycles. The molecule has 0 bridgehead atoms. The van der Waals surface area contributed by atoms with Gasteiger partial charge >= 0.3 is 11.9 Å². The van der Waals surface area contributed by atoms with Crippen molar-refractivity contribution in [2.24, 2.45) is 5.73 Å². The van der Waals surface area contributed by atoms with Crippen LogP contribution in [0.2, 0.25) is 0 Å². The molecule has 20 heavy (non-hydrogen) atoms. The molecule has 0 heterocycles. The Kier molecular flexibility index (Phi) is 8.59. The van der Waals surface area contributed by atoms with E-state index in [1.807, 2.05) is 30.3 Å². The van der Waals surface area contributed by atoms with Gasteiger partial charge in [0.2, 0.25) is 0 Å². The van der Waals surface area contributed by atoms with Crippen LogP contribution in [0.3, 0.4) is 0 Å². The molecular weight excluding hydrogens is 282 g/mol. The predicted molar refractivity (Wildman–Crippen MR) is 77.7 cm³/mol. The number of halogens is 1. The van der Waals surface area contributed by atoms with Crippen LogP contribution in [0.15, 0.2) is 30.3 Å². The first-order valence-corrected chi connectivity index (χ1v) is 6.14. The Hall–Kier alpha value is -1.59. The second-order valence-corrected chi connectivity index (χ2v) is 4.08. The molecule has 1 aromatic rings. The Morgan fingerprint density at radius 1 is 1.25 bits per heavy atom. The number of esters is 2. The Morgan fingerprint density at radius 3 is 2.35 bits per heavy atom. The van der Waals surface area contributed by atoms with Gasteiger partial charge in [-0.3, -0.25) is 9.59 Å². The second kappa shape index (κ2) is 9.34. The number of carbonyl (C=O) groups is 2. The van der Waals surface area contributed by atoms with Crippen LogP contribution in [0.1, 0.15) is 24.8 Å². The van der Waals surface area contributed by atoms with Crippen LogP contribution in [0.4, 0.5) is 0 Å². The highest BCUT2D eigenvalue weighted by Gasteiger charge is 2.29. The van der Waals surface area contributed by atoms with Crippen molar-refractivity contribution in [3.63, 3.8) is 0 Å². The van der Waals surface area contributed by atoms with Gasteiger partial charge < -0.3 is 15.2 Å². The first kappa shape index (κ1) is 18.4. The Balaban J connectivity index is 0.00000361. The van der Waals surface area contributed by atoms with Crippen LogP contribution in [-0.2, 0) is 19.1 Å². The number of benzene rings is 1. The average molecular weight is 302 g/mol. The van der Waals surface area contributed by atoms with E-state index in [0.717, 1.165) is 5.56 Å². The van der Waals surface area contributed by atoms with Gasteiger partial charge in [0.1, 0.15) is 6.04 Å². The Morgan fingerprint density at radius 2 is 1.85 bits per heavy atom. The summed E-state index contributed by atoms with van der Waals surface area (Å²) in [7, 11) is 1.31. The van der Waals surface area contributed by atoms with Crippen LogP contribution in [0, 0.1) is 0 Å². The molecule has 5 nitrogen and oxygen atoms in total. The predicted octanol–water partition coefficient (Wildman–Crippen LogP) is 1.65. The lowest BCUT2D eigenvalue weighted by Gasteiger charge is -2.21. The number of methoxy groups -OCH3 is 1. The molecule has 0 aliphatic carbocycles. The van der Waals surface area contributed by atoms with Gasteiger partial charge in [0.05, 0.1) is 20.1 Å². The van der Waals surface area contributed by atoms with Crippen molar-refractivity contribution in [1.29, 1.82) is 0 Å². The van der Waals surface area contributed by atoms with Crippen molar-refractivity contribution in [3.05, 3.63) is 35.9 Å². The lowest BCUT2D eigenvalue weighted by molar-refractivity contribution is -0.146. The van der Waals surface area contributed by atoms with E-state index < -0.39 is 23.9 Å². The van der Waals surface area contributed by atoms with Gasteiger partial charge in [0.15, 0.2) is 0 Å². The molecule has 1 aromatic carbocycles. The third-order valence-corrected chi connectivity index (χ3v) is 2.83. The van der Waals surface area contributed by atoms with Crippen molar-refractivity contribution < 1.29 is 19.1 Å². The second-order valence-electron chi connectivity index (χ2n) is 4.08. The Bertz CT molecular complexity index is 424. The molecule has 112 valence electrons. The van der Waals surface area contributed by atoms with Gasteiger partial charge in [0.25, 0.3) is 0 Å². The fourth-order valence-corrected chi connectivity index (χ4v) is 1.82. The van der Waals surface area contributed by atoms with Crippen LogP contribution in [0.25, 0.3) is 0 Å². The van der Waals surface area contributed by atoms with Crippen molar-refractivity contribution in [2.75, 3.05) is 13.7 Å². The van der Waals surface area contributed by atoms with Gasteiger partial charge in [-0.05, 0) is 12.5 Å². The van der Waals surface area contributed by atoms with Crippen LogP contribution >= 0.6 is 12.4 Å². The van der Waals surface area contributed by atoms with Gasteiger partial charge in [-0.2, -0.15) is 0 Å². The fraction of sp³-hybridized carbons (Fsp3) is 0.429. The molecule has 0 saturated carbocycles. The van der Waals surface area contributed by atoms with E-state index >= 15 is 0 Å². The summed E-state index contributed by atoms with van der Waals surface area (Å²) in [6.07, 6.45) is 0.0422. The smallest absolute Gasteiger partial charge is 0.323 e. The highest BCUT2D eigenvalue weighted by atomic mass is 35.5. The molecule has 2 atom stereocenters. The molecule has 1 unspecified atom stereocenters. The zero-order valence-corrected chi connectivity index (χ0v) is 12.4. The van der Waals surface area contributed by atoms with Gasteiger partial charge in [-0.25, -0.2) is 0 Å². The summed E-state index contributed by atoms with van der Waals surface area (Å²) in [6.45, 7) is 1.97. The molecular formula is C14H20ClNO4. The van der Waals surface area contributed by atoms with Crippen molar-refractivity contribution in [1.82, 2.24) is 0 Å². The number of ether oxygens (including phenoxy) is 2. The maximum Gasteiger partial charge on any atom is 0.323 e. The molecule has 0 amide bonds. The van der Waals surface area contributed by atoms with Crippen LogP contribution in [0.5, 0.6) is 0 Å². The highest BCUT2D eigenvalue weighted by Crippen LogP contribution is 2.23. The monoisotopic (exact) mass is 301 g/mol. The van der Waals surface area contributed by atoms with Gasteiger partial charge in [0, 0.05) is 5.92 Å². The van der Waals surface area contributed by atoms with Gasteiger partial charge in [-0.15, -0.1) is 12.4 Å². The molecule has 0 saturated heterocycles. The molecule has 1 rings (SSSR count). The summed E-state index contributed by atoms with van der Waals surface area (Å²) in [5, 5.41) is 0. The molecule has 2 N–H and O–H groups in total. The first-order valence-electron chi connectivity index (χ1n) is 6.14. The minimum Gasteiger partial charge on any atom is -0.469 e. The molecule has 0 fully saturated rings. The summed E-state index contributed by atoms with van der Waals surface area (Å²) in [4.78, 5) is 23.2. The van der Waals surface area contributed by atoms with Crippen molar-refractivity contribution in [3.8, 4) is 0 Å². The quantitative estimate of drug-likeness (QED) is 0.808. The minimum atomic E-state index is -0.888. The van der Waals surface area contributed by atoms with Gasteiger partial charge in [-0.1, -0.05) is 30.3 Å². The third kappa shape index (κ3) is 5.19. The number of hydrogen-bond acceptors (Lipinski definition) is 5. The third-order valence-electron chi connectivity index (χ3n) is 2.83. The van der Waals surface area contributed by atoms with E-state index in [2.05, 4.69) is 4.74 Å². The molecule has 0 aliphatic rings. The molecule has 0 radical (unpaired) electrons. The van der Waals surface area contributed by atoms with Crippen LogP contribution < -0.4 is 5.73 Å². The number of carbonyl (C=O) groups excluding carboxylic acids is 2. The van der Waals surface area contributed by atoms with Crippen molar-refractivity contribution >= 4 is 24.3 Å². The van der Waals surface area contributed by atoms with E-state index in [4.69, 9.17) is 10.5 Å². The standard InChI is InChI=1S/C14H19NO4.ClH/c1-3-19-14(17)13(15)11(9-12(16)18-2)10-7-5-4-6-8-10;/h4-8,11,13H,3,9,15H2,1-2H3;1H/t11?,13-;/m0./s1. The maximum absolute atomic E-state index is 11.7. The minimum absolute atomic E-state index is 0. The summed E-state index contributed by atoms with van der Waals surface area (Å²) in [5.74, 6) is -1.37. The SMILES string of the molecule is CCOC(=O)[C@@H](N)C(CC(=O)OC)c1ccccc1.Cl. The van der Waals surface area contributed by atoms with E-state index in [1.54, 1.807) is 6.92 Å². The maximum atomic E-state index is 11.7. The zero-order valence-electron chi connectivity index (χ0n) is 11.6. The topological polar surface area (TPSA) is 78.6 Å². The highest BCUT2D eigenvalue weighted by molar-refractivity contribution is 5.85. The molecule has 0 aliphatic heterocycles. The summed E-state index contributed by atoms with van der Waals surface area (Å²) in [6, 6.07) is 8.28. The van der Waals surface area contributed by atoms with E-state index in [1.165, 1.54) is 7.11 Å². The average Bonchev–Trinajstić information content (AvgIpc) is 2.44.